The Hall–Kier alpha value is -7.16. The first-order valence-corrected chi connectivity index (χ1v) is 18.5. The van der Waals surface area contributed by atoms with Gasteiger partial charge in [-0.2, -0.15) is 0 Å². The van der Waals surface area contributed by atoms with Crippen LogP contribution in [0.3, 0.4) is 0 Å². The van der Waals surface area contributed by atoms with Crippen molar-refractivity contribution in [3.8, 4) is 22.3 Å². The average Bonchev–Trinajstić information content (AvgIpc) is 3.62. The SMILES string of the molecule is c1ccc2c(-c3ccc(N(c4ccc(-c5cccc6ccc7c8ccccc8ccc7c56)cc4)c4ccc5c(c4)oc4ccccc45)cc3)cccc2c1. The molecule has 10 aromatic carbocycles. The molecule has 1 heterocycles. The molecule has 2 heteroatoms. The van der Waals surface area contributed by atoms with Gasteiger partial charge in [-0.1, -0.05) is 152 Å². The fourth-order valence-electron chi connectivity index (χ4n) is 8.47. The van der Waals surface area contributed by atoms with Crippen LogP contribution in [0.2, 0.25) is 0 Å². The van der Waals surface area contributed by atoms with Gasteiger partial charge in [0.2, 0.25) is 0 Å². The molecule has 0 amide bonds. The summed E-state index contributed by atoms with van der Waals surface area (Å²) in [5.41, 5.74) is 9.79. The fraction of sp³-hybridized carbons (Fsp3) is 0. The largest absolute Gasteiger partial charge is 0.456 e. The Kier molecular flexibility index (Phi) is 6.90. The zero-order valence-corrected chi connectivity index (χ0v) is 29.4. The summed E-state index contributed by atoms with van der Waals surface area (Å²) in [5.74, 6) is 0. The van der Waals surface area contributed by atoms with Crippen molar-refractivity contribution < 1.29 is 4.42 Å². The number of anilines is 3. The van der Waals surface area contributed by atoms with Gasteiger partial charge in [0, 0.05) is 33.9 Å². The van der Waals surface area contributed by atoms with Crippen molar-refractivity contribution in [1.29, 1.82) is 0 Å². The number of hydrogen-bond acceptors (Lipinski definition) is 2. The summed E-state index contributed by atoms with van der Waals surface area (Å²) in [7, 11) is 0. The number of hydrogen-bond donors (Lipinski definition) is 0. The average molecular weight is 688 g/mol. The van der Waals surface area contributed by atoms with E-state index >= 15 is 0 Å². The predicted octanol–water partition coefficient (Wildman–Crippen LogP) is 15.0. The quantitative estimate of drug-likeness (QED) is 0.168. The van der Waals surface area contributed by atoms with E-state index < -0.39 is 0 Å². The van der Waals surface area contributed by atoms with Gasteiger partial charge < -0.3 is 9.32 Å². The maximum atomic E-state index is 6.39. The van der Waals surface area contributed by atoms with Gasteiger partial charge in [-0.3, -0.25) is 0 Å². The molecule has 54 heavy (non-hydrogen) atoms. The summed E-state index contributed by atoms with van der Waals surface area (Å²) in [5, 5.41) is 12.4. The molecule has 11 aromatic rings. The van der Waals surface area contributed by atoms with Crippen LogP contribution in [0.5, 0.6) is 0 Å². The maximum absolute atomic E-state index is 6.39. The molecule has 252 valence electrons. The number of nitrogens with zero attached hydrogens (tertiary/aromatic N) is 1. The molecule has 0 radical (unpaired) electrons. The van der Waals surface area contributed by atoms with Crippen molar-refractivity contribution in [2.24, 2.45) is 0 Å². The molecular weight excluding hydrogens is 655 g/mol. The molecule has 0 spiro atoms. The molecule has 0 aliphatic rings. The monoisotopic (exact) mass is 687 g/mol. The van der Waals surface area contributed by atoms with Gasteiger partial charge in [0.15, 0.2) is 0 Å². The molecule has 0 unspecified atom stereocenters. The number of furan rings is 1. The van der Waals surface area contributed by atoms with E-state index in [9.17, 15) is 0 Å². The highest BCUT2D eigenvalue weighted by atomic mass is 16.3. The third kappa shape index (κ3) is 4.88. The summed E-state index contributed by atoms with van der Waals surface area (Å²) in [6.45, 7) is 0. The molecular formula is C52H33NO. The van der Waals surface area contributed by atoms with E-state index in [0.717, 1.165) is 39.0 Å². The van der Waals surface area contributed by atoms with Gasteiger partial charge in [0.05, 0.1) is 0 Å². The summed E-state index contributed by atoms with van der Waals surface area (Å²) < 4.78 is 6.39. The van der Waals surface area contributed by atoms with Crippen LogP contribution >= 0.6 is 0 Å². The molecule has 0 fully saturated rings. The third-order valence-electron chi connectivity index (χ3n) is 11.0. The molecule has 0 N–H and O–H groups in total. The lowest BCUT2D eigenvalue weighted by Crippen LogP contribution is -2.09. The van der Waals surface area contributed by atoms with E-state index in [4.69, 9.17) is 4.42 Å². The first-order chi connectivity index (χ1) is 26.8. The highest BCUT2D eigenvalue weighted by molar-refractivity contribution is 6.21. The molecule has 0 aliphatic heterocycles. The second-order valence-corrected chi connectivity index (χ2v) is 14.1. The molecule has 0 aliphatic carbocycles. The molecule has 11 rings (SSSR count). The Morgan fingerprint density at radius 3 is 1.59 bits per heavy atom. The summed E-state index contributed by atoms with van der Waals surface area (Å²) in [6.07, 6.45) is 0. The molecule has 1 aromatic heterocycles. The van der Waals surface area contributed by atoms with Crippen molar-refractivity contribution in [2.75, 3.05) is 4.90 Å². The lowest BCUT2D eigenvalue weighted by atomic mass is 9.91. The first-order valence-electron chi connectivity index (χ1n) is 18.5. The normalized spacial score (nSPS) is 11.7. The number of rotatable bonds is 5. The molecule has 0 saturated heterocycles. The number of fused-ring (bicyclic) bond motifs is 9. The van der Waals surface area contributed by atoms with E-state index in [0.29, 0.717) is 0 Å². The van der Waals surface area contributed by atoms with Crippen LogP contribution in [0.15, 0.2) is 205 Å². The van der Waals surface area contributed by atoms with Gasteiger partial charge >= 0.3 is 0 Å². The van der Waals surface area contributed by atoms with Crippen LogP contribution in [-0.4, -0.2) is 0 Å². The Labute approximate surface area is 312 Å². The minimum atomic E-state index is 0.873. The first kappa shape index (κ1) is 30.5. The lowest BCUT2D eigenvalue weighted by Gasteiger charge is -2.26. The Balaban J connectivity index is 1.05. The van der Waals surface area contributed by atoms with Crippen LogP contribution in [0, 0.1) is 0 Å². The Morgan fingerprint density at radius 1 is 0.296 bits per heavy atom. The summed E-state index contributed by atoms with van der Waals surface area (Å²) in [6, 6.07) is 72.3. The van der Waals surface area contributed by atoms with E-state index in [-0.39, 0.29) is 0 Å². The zero-order valence-electron chi connectivity index (χ0n) is 29.4. The topological polar surface area (TPSA) is 16.4 Å². The Bertz CT molecular complexity index is 3200. The number of benzene rings is 10. The second-order valence-electron chi connectivity index (χ2n) is 14.1. The molecule has 0 bridgehead atoms. The maximum Gasteiger partial charge on any atom is 0.137 e. The third-order valence-corrected chi connectivity index (χ3v) is 11.0. The van der Waals surface area contributed by atoms with Crippen molar-refractivity contribution in [3.05, 3.63) is 200 Å². The van der Waals surface area contributed by atoms with Gasteiger partial charge in [0.1, 0.15) is 11.2 Å². The standard InChI is InChI=1S/C52H33NO/c1-3-13-42-34(9-1)11-7-16-43(42)36-19-25-39(26-20-36)53(41-29-32-48-47-15-5-6-18-50(47)54-51(48)33-41)40-27-21-37(22-28-40)45-17-8-12-38-24-30-46-44-14-4-2-10-35(44)23-31-49(46)52(38)45/h1-33H. The van der Waals surface area contributed by atoms with E-state index in [1.807, 2.05) is 12.1 Å². The zero-order chi connectivity index (χ0) is 35.6. The van der Waals surface area contributed by atoms with Crippen molar-refractivity contribution >= 4 is 82.1 Å². The predicted molar refractivity (Wildman–Crippen MR) is 229 cm³/mol. The van der Waals surface area contributed by atoms with Crippen LogP contribution in [0.1, 0.15) is 0 Å². The summed E-state index contributed by atoms with van der Waals surface area (Å²) in [4.78, 5) is 2.33. The minimum absolute atomic E-state index is 0.873. The van der Waals surface area contributed by atoms with Crippen molar-refractivity contribution in [1.82, 2.24) is 0 Å². The second kappa shape index (κ2) is 12.2. The minimum Gasteiger partial charge on any atom is -0.456 e. The van der Waals surface area contributed by atoms with Crippen LogP contribution in [-0.2, 0) is 0 Å². The van der Waals surface area contributed by atoms with Gasteiger partial charge in [0.25, 0.3) is 0 Å². The van der Waals surface area contributed by atoms with Gasteiger partial charge in [-0.25, -0.2) is 0 Å². The van der Waals surface area contributed by atoms with Crippen molar-refractivity contribution in [3.63, 3.8) is 0 Å². The van der Waals surface area contributed by atoms with Crippen LogP contribution in [0.25, 0.3) is 87.3 Å². The highest BCUT2D eigenvalue weighted by Gasteiger charge is 2.17. The fourth-order valence-corrected chi connectivity index (χ4v) is 8.47. The summed E-state index contributed by atoms with van der Waals surface area (Å²) >= 11 is 0. The lowest BCUT2D eigenvalue weighted by molar-refractivity contribution is 0.669. The van der Waals surface area contributed by atoms with Crippen molar-refractivity contribution in [2.45, 2.75) is 0 Å². The van der Waals surface area contributed by atoms with E-state index in [1.54, 1.807) is 0 Å². The molecule has 2 nitrogen and oxygen atoms in total. The van der Waals surface area contributed by atoms with Crippen LogP contribution < -0.4 is 4.90 Å². The van der Waals surface area contributed by atoms with Gasteiger partial charge in [-0.05, 0) is 108 Å². The molecule has 0 saturated carbocycles. The van der Waals surface area contributed by atoms with E-state index in [1.165, 1.54) is 65.3 Å². The molecule has 0 atom stereocenters. The van der Waals surface area contributed by atoms with Crippen LogP contribution in [0.4, 0.5) is 17.1 Å². The number of para-hydroxylation sites is 1. The highest BCUT2D eigenvalue weighted by Crippen LogP contribution is 2.42. The smallest absolute Gasteiger partial charge is 0.137 e. The Morgan fingerprint density at radius 2 is 0.815 bits per heavy atom. The van der Waals surface area contributed by atoms with E-state index in [2.05, 4.69) is 193 Å². The van der Waals surface area contributed by atoms with Gasteiger partial charge in [-0.15, -0.1) is 0 Å².